The van der Waals surface area contributed by atoms with E-state index in [-0.39, 0.29) is 36.9 Å². The summed E-state index contributed by atoms with van der Waals surface area (Å²) in [5, 5.41) is 6.92. The molecule has 0 saturated carbocycles. The number of nitrogens with zero attached hydrogens (tertiary/aromatic N) is 4. The molecule has 0 fully saturated rings. The van der Waals surface area contributed by atoms with Gasteiger partial charge >= 0.3 is 0 Å². The van der Waals surface area contributed by atoms with E-state index in [2.05, 4.69) is 15.4 Å². The molecule has 2 heterocycles. The standard InChI is InChI=1S/C16H16FN5O3/c1-21-15-11(8-20-21)16(24)22(10-19-15)9-14(23)18-6-7-25-13-5-3-2-4-12(13)17/h2-5,8,10H,6-7,9H2,1H3,(H,18,23). The minimum absolute atomic E-state index is 0.113. The lowest BCUT2D eigenvalue weighted by Crippen LogP contribution is -2.34. The monoisotopic (exact) mass is 345 g/mol. The number of carbonyl (C=O) groups excluding carboxylic acids is 1. The van der Waals surface area contributed by atoms with Crippen molar-refractivity contribution < 1.29 is 13.9 Å². The van der Waals surface area contributed by atoms with Crippen LogP contribution in [0.5, 0.6) is 5.75 Å². The number of carbonyl (C=O) groups is 1. The van der Waals surface area contributed by atoms with Crippen LogP contribution in [0.25, 0.3) is 11.0 Å². The molecule has 25 heavy (non-hydrogen) atoms. The Morgan fingerprint density at radius 2 is 2.16 bits per heavy atom. The van der Waals surface area contributed by atoms with Crippen LogP contribution in [0.2, 0.25) is 0 Å². The molecule has 1 N–H and O–H groups in total. The molecule has 3 aromatic rings. The number of para-hydroxylation sites is 1. The summed E-state index contributed by atoms with van der Waals surface area (Å²) in [5.41, 5.74) is 0.121. The van der Waals surface area contributed by atoms with Gasteiger partial charge in [-0.3, -0.25) is 18.8 Å². The van der Waals surface area contributed by atoms with Gasteiger partial charge < -0.3 is 10.1 Å². The third-order valence-electron chi connectivity index (χ3n) is 3.55. The normalized spacial score (nSPS) is 10.8. The number of fused-ring (bicyclic) bond motifs is 1. The number of hydrogen-bond donors (Lipinski definition) is 1. The summed E-state index contributed by atoms with van der Waals surface area (Å²) in [6.07, 6.45) is 2.73. The van der Waals surface area contributed by atoms with Gasteiger partial charge in [0.15, 0.2) is 17.2 Å². The minimum atomic E-state index is -0.462. The first-order valence-electron chi connectivity index (χ1n) is 7.57. The van der Waals surface area contributed by atoms with Crippen molar-refractivity contribution in [1.82, 2.24) is 24.6 Å². The summed E-state index contributed by atoms with van der Waals surface area (Å²) in [5.74, 6) is -0.709. The number of nitrogens with one attached hydrogen (secondary N) is 1. The van der Waals surface area contributed by atoms with Gasteiger partial charge in [-0.05, 0) is 12.1 Å². The number of aryl methyl sites for hydroxylation is 1. The highest BCUT2D eigenvalue weighted by Gasteiger charge is 2.10. The lowest BCUT2D eigenvalue weighted by molar-refractivity contribution is -0.121. The Morgan fingerprint density at radius 3 is 2.96 bits per heavy atom. The SMILES string of the molecule is Cn1ncc2c(=O)n(CC(=O)NCCOc3ccccc3F)cnc21. The van der Waals surface area contributed by atoms with Crippen molar-refractivity contribution in [2.24, 2.45) is 7.05 Å². The van der Waals surface area contributed by atoms with E-state index in [1.165, 1.54) is 33.9 Å². The Labute approximate surface area is 141 Å². The molecule has 9 heteroatoms. The van der Waals surface area contributed by atoms with Crippen molar-refractivity contribution in [3.05, 3.63) is 53.0 Å². The van der Waals surface area contributed by atoms with Crippen molar-refractivity contribution >= 4 is 16.9 Å². The van der Waals surface area contributed by atoms with Crippen LogP contribution >= 0.6 is 0 Å². The second-order valence-electron chi connectivity index (χ2n) is 5.31. The first-order chi connectivity index (χ1) is 12.1. The number of amides is 1. The zero-order valence-electron chi connectivity index (χ0n) is 13.5. The molecule has 1 amide bonds. The second-order valence-corrected chi connectivity index (χ2v) is 5.31. The molecule has 0 spiro atoms. The molecule has 0 saturated heterocycles. The van der Waals surface area contributed by atoms with E-state index in [0.29, 0.717) is 11.0 Å². The van der Waals surface area contributed by atoms with Crippen molar-refractivity contribution in [2.75, 3.05) is 13.2 Å². The van der Waals surface area contributed by atoms with Gasteiger partial charge in [0.2, 0.25) is 5.91 Å². The zero-order valence-corrected chi connectivity index (χ0v) is 13.5. The predicted octanol–water partition coefficient (Wildman–Crippen LogP) is 0.464. The maximum Gasteiger partial charge on any atom is 0.264 e. The third kappa shape index (κ3) is 3.65. The molecule has 0 aliphatic rings. The molecule has 1 aromatic carbocycles. The number of rotatable bonds is 6. The molecule has 0 bridgehead atoms. The average molecular weight is 345 g/mol. The molecule has 0 radical (unpaired) electrons. The van der Waals surface area contributed by atoms with Crippen molar-refractivity contribution in [2.45, 2.75) is 6.54 Å². The zero-order chi connectivity index (χ0) is 17.8. The van der Waals surface area contributed by atoms with Crippen LogP contribution < -0.4 is 15.6 Å². The van der Waals surface area contributed by atoms with Crippen LogP contribution in [-0.2, 0) is 18.4 Å². The Balaban J connectivity index is 1.54. The summed E-state index contributed by atoms with van der Waals surface area (Å²) >= 11 is 0. The van der Waals surface area contributed by atoms with Crippen molar-refractivity contribution in [3.8, 4) is 5.75 Å². The Morgan fingerprint density at radius 1 is 1.36 bits per heavy atom. The predicted molar refractivity (Wildman–Crippen MR) is 87.7 cm³/mol. The Kier molecular flexibility index (Phi) is 4.73. The van der Waals surface area contributed by atoms with Gasteiger partial charge in [-0.15, -0.1) is 0 Å². The van der Waals surface area contributed by atoms with E-state index in [0.717, 1.165) is 0 Å². The lowest BCUT2D eigenvalue weighted by Gasteiger charge is -2.09. The first kappa shape index (κ1) is 16.6. The maximum absolute atomic E-state index is 13.4. The molecule has 2 aromatic heterocycles. The summed E-state index contributed by atoms with van der Waals surface area (Å²) in [7, 11) is 1.68. The summed E-state index contributed by atoms with van der Waals surface area (Å²) < 4.78 is 21.3. The number of benzene rings is 1. The second kappa shape index (κ2) is 7.12. The summed E-state index contributed by atoms with van der Waals surface area (Å²) in [4.78, 5) is 28.3. The number of halogens is 1. The Bertz CT molecular complexity index is 966. The molecular weight excluding hydrogens is 329 g/mol. The van der Waals surface area contributed by atoms with Crippen LogP contribution in [0.3, 0.4) is 0 Å². The molecular formula is C16H16FN5O3. The molecule has 0 aliphatic heterocycles. The fourth-order valence-electron chi connectivity index (χ4n) is 2.30. The van der Waals surface area contributed by atoms with Gasteiger partial charge in [0.1, 0.15) is 24.9 Å². The van der Waals surface area contributed by atoms with E-state index in [1.54, 1.807) is 19.2 Å². The van der Waals surface area contributed by atoms with E-state index < -0.39 is 5.82 Å². The van der Waals surface area contributed by atoms with Gasteiger partial charge in [-0.25, -0.2) is 9.37 Å². The smallest absolute Gasteiger partial charge is 0.264 e. The summed E-state index contributed by atoms with van der Waals surface area (Å²) in [6.45, 7) is 0.127. The minimum Gasteiger partial charge on any atom is -0.489 e. The van der Waals surface area contributed by atoms with Crippen molar-refractivity contribution in [3.63, 3.8) is 0 Å². The van der Waals surface area contributed by atoms with Crippen LogP contribution in [0.1, 0.15) is 0 Å². The first-order valence-corrected chi connectivity index (χ1v) is 7.57. The number of aromatic nitrogens is 4. The number of hydrogen-bond acceptors (Lipinski definition) is 5. The molecule has 3 rings (SSSR count). The summed E-state index contributed by atoms with van der Waals surface area (Å²) in [6, 6.07) is 6.02. The van der Waals surface area contributed by atoms with Crippen LogP contribution in [0.4, 0.5) is 4.39 Å². The number of ether oxygens (including phenoxy) is 1. The third-order valence-corrected chi connectivity index (χ3v) is 3.55. The van der Waals surface area contributed by atoms with Gasteiger partial charge in [0, 0.05) is 7.05 Å². The fourth-order valence-corrected chi connectivity index (χ4v) is 2.30. The molecule has 8 nitrogen and oxygen atoms in total. The van der Waals surface area contributed by atoms with Crippen molar-refractivity contribution in [1.29, 1.82) is 0 Å². The van der Waals surface area contributed by atoms with Gasteiger partial charge in [0.25, 0.3) is 5.56 Å². The average Bonchev–Trinajstić information content (AvgIpc) is 2.97. The van der Waals surface area contributed by atoms with Crippen LogP contribution in [0.15, 0.2) is 41.6 Å². The van der Waals surface area contributed by atoms with E-state index >= 15 is 0 Å². The quantitative estimate of drug-likeness (QED) is 0.656. The molecule has 0 unspecified atom stereocenters. The van der Waals surface area contributed by atoms with Gasteiger partial charge in [-0.1, -0.05) is 12.1 Å². The largest absolute Gasteiger partial charge is 0.489 e. The Hall–Kier alpha value is -3.23. The lowest BCUT2D eigenvalue weighted by atomic mass is 10.3. The maximum atomic E-state index is 13.4. The molecule has 0 atom stereocenters. The highest BCUT2D eigenvalue weighted by Crippen LogP contribution is 2.14. The highest BCUT2D eigenvalue weighted by molar-refractivity contribution is 5.77. The van der Waals surface area contributed by atoms with Crippen LogP contribution in [-0.4, -0.2) is 38.4 Å². The molecule has 130 valence electrons. The topological polar surface area (TPSA) is 91.0 Å². The van der Waals surface area contributed by atoms with E-state index in [9.17, 15) is 14.0 Å². The van der Waals surface area contributed by atoms with Crippen LogP contribution in [0, 0.1) is 5.82 Å². The van der Waals surface area contributed by atoms with E-state index in [4.69, 9.17) is 4.74 Å². The fraction of sp³-hybridized carbons (Fsp3) is 0.250. The highest BCUT2D eigenvalue weighted by atomic mass is 19.1. The van der Waals surface area contributed by atoms with Gasteiger partial charge in [0.05, 0.1) is 12.7 Å². The van der Waals surface area contributed by atoms with E-state index in [1.807, 2.05) is 0 Å². The van der Waals surface area contributed by atoms with Gasteiger partial charge in [-0.2, -0.15) is 5.10 Å². The molecule has 0 aliphatic carbocycles.